The van der Waals surface area contributed by atoms with Crippen molar-refractivity contribution in [2.24, 2.45) is 0 Å². The summed E-state index contributed by atoms with van der Waals surface area (Å²) in [5, 5.41) is 10.1. The van der Waals surface area contributed by atoms with Crippen molar-refractivity contribution in [1.29, 1.82) is 0 Å². The van der Waals surface area contributed by atoms with Gasteiger partial charge in [-0.3, -0.25) is 0 Å². The number of anilines is 1. The zero-order chi connectivity index (χ0) is 9.42. The number of thiazole rings is 1. The van der Waals surface area contributed by atoms with Gasteiger partial charge in [0.2, 0.25) is 5.13 Å². The quantitative estimate of drug-likeness (QED) is 0.783. The van der Waals surface area contributed by atoms with Gasteiger partial charge in [-0.15, -0.1) is 21.5 Å². The van der Waals surface area contributed by atoms with Crippen LogP contribution in [0, 0.1) is 13.8 Å². The van der Waals surface area contributed by atoms with E-state index in [9.17, 15) is 0 Å². The van der Waals surface area contributed by atoms with Gasteiger partial charge >= 0.3 is 0 Å². The summed E-state index contributed by atoms with van der Waals surface area (Å²) in [6.07, 6.45) is 0. The van der Waals surface area contributed by atoms with Crippen molar-refractivity contribution in [3.63, 3.8) is 0 Å². The van der Waals surface area contributed by atoms with Crippen LogP contribution in [0.15, 0.2) is 0 Å². The van der Waals surface area contributed by atoms with Crippen molar-refractivity contribution < 1.29 is 0 Å². The maximum atomic E-state index is 5.50. The highest BCUT2D eigenvalue weighted by atomic mass is 32.1. The number of nitrogens with two attached hydrogens (primary N) is 1. The van der Waals surface area contributed by atoms with Crippen molar-refractivity contribution in [3.05, 3.63) is 10.7 Å². The molecule has 0 aliphatic heterocycles. The zero-order valence-electron chi connectivity index (χ0n) is 7.24. The molecule has 68 valence electrons. The highest BCUT2D eigenvalue weighted by molar-refractivity contribution is 7.23. The van der Waals surface area contributed by atoms with E-state index in [1.54, 1.807) is 11.3 Å². The number of rotatable bonds is 1. The molecule has 6 heteroatoms. The van der Waals surface area contributed by atoms with E-state index in [-0.39, 0.29) is 0 Å². The summed E-state index contributed by atoms with van der Waals surface area (Å²) in [5.41, 5.74) is 6.50. The molecule has 2 heterocycles. The molecule has 0 bridgehead atoms. The Bertz CT molecular complexity index is 431. The van der Waals surface area contributed by atoms with Gasteiger partial charge in [0.05, 0.1) is 15.6 Å². The van der Waals surface area contributed by atoms with E-state index in [2.05, 4.69) is 15.2 Å². The van der Waals surface area contributed by atoms with E-state index >= 15 is 0 Å². The lowest BCUT2D eigenvalue weighted by Crippen LogP contribution is -1.80. The van der Waals surface area contributed by atoms with Crippen LogP contribution >= 0.6 is 22.7 Å². The highest BCUT2D eigenvalue weighted by Gasteiger charge is 2.11. The highest BCUT2D eigenvalue weighted by Crippen LogP contribution is 2.32. The maximum absolute atomic E-state index is 5.50. The van der Waals surface area contributed by atoms with Gasteiger partial charge in [0, 0.05) is 0 Å². The van der Waals surface area contributed by atoms with Crippen LogP contribution in [0.2, 0.25) is 0 Å². The first-order valence-corrected chi connectivity index (χ1v) is 5.33. The largest absolute Gasteiger partial charge is 0.374 e. The average molecular weight is 212 g/mol. The van der Waals surface area contributed by atoms with E-state index in [1.807, 2.05) is 13.8 Å². The first kappa shape index (κ1) is 8.58. The van der Waals surface area contributed by atoms with Crippen LogP contribution in [0.1, 0.15) is 10.7 Å². The van der Waals surface area contributed by atoms with Gasteiger partial charge in [0.25, 0.3) is 0 Å². The number of aromatic nitrogens is 3. The van der Waals surface area contributed by atoms with Crippen LogP contribution in [0.25, 0.3) is 9.88 Å². The molecular weight excluding hydrogens is 204 g/mol. The molecule has 0 radical (unpaired) electrons. The third-order valence-corrected chi connectivity index (χ3v) is 3.52. The summed E-state index contributed by atoms with van der Waals surface area (Å²) in [5.74, 6) is 0. The number of hydrogen-bond donors (Lipinski definition) is 1. The first-order chi connectivity index (χ1) is 6.16. The SMILES string of the molecule is Cc1nc(C)c(-c2nnc(N)s2)s1. The molecule has 2 aromatic rings. The Morgan fingerprint density at radius 1 is 1.15 bits per heavy atom. The Hall–Kier alpha value is -1.01. The second-order valence-electron chi connectivity index (χ2n) is 2.59. The number of nitrogen functional groups attached to an aromatic ring is 1. The maximum Gasteiger partial charge on any atom is 0.203 e. The normalized spacial score (nSPS) is 10.6. The van der Waals surface area contributed by atoms with Crippen molar-refractivity contribution in [3.8, 4) is 9.88 Å². The van der Waals surface area contributed by atoms with Gasteiger partial charge in [-0.05, 0) is 13.8 Å². The fraction of sp³-hybridized carbons (Fsp3) is 0.286. The first-order valence-electron chi connectivity index (χ1n) is 3.70. The second-order valence-corrected chi connectivity index (χ2v) is 4.81. The predicted molar refractivity (Wildman–Crippen MR) is 54.9 cm³/mol. The van der Waals surface area contributed by atoms with Gasteiger partial charge in [-0.25, -0.2) is 4.98 Å². The molecule has 0 spiro atoms. The molecule has 0 saturated carbocycles. The standard InChI is InChI=1S/C7H8N4S2/c1-3-5(12-4(2)9-3)6-10-11-7(8)13-6/h1-2H3,(H2,8,11). The molecule has 0 atom stereocenters. The Morgan fingerprint density at radius 2 is 1.92 bits per heavy atom. The van der Waals surface area contributed by atoms with E-state index in [1.165, 1.54) is 11.3 Å². The fourth-order valence-corrected chi connectivity index (χ4v) is 2.71. The van der Waals surface area contributed by atoms with Gasteiger partial charge in [0.1, 0.15) is 0 Å². The Balaban J connectivity index is 2.51. The fourth-order valence-electron chi connectivity index (χ4n) is 1.06. The third-order valence-electron chi connectivity index (χ3n) is 1.54. The summed E-state index contributed by atoms with van der Waals surface area (Å²) in [4.78, 5) is 5.39. The second kappa shape index (κ2) is 3.04. The van der Waals surface area contributed by atoms with Crippen LogP contribution < -0.4 is 5.73 Å². The lowest BCUT2D eigenvalue weighted by molar-refractivity contribution is 1.10. The molecule has 0 amide bonds. The van der Waals surface area contributed by atoms with Crippen LogP contribution in [0.3, 0.4) is 0 Å². The number of nitrogens with zero attached hydrogens (tertiary/aromatic N) is 3. The van der Waals surface area contributed by atoms with E-state index in [0.717, 1.165) is 20.6 Å². The van der Waals surface area contributed by atoms with Crippen molar-refractivity contribution in [2.45, 2.75) is 13.8 Å². The monoisotopic (exact) mass is 212 g/mol. The van der Waals surface area contributed by atoms with E-state index < -0.39 is 0 Å². The minimum Gasteiger partial charge on any atom is -0.374 e. The zero-order valence-corrected chi connectivity index (χ0v) is 8.87. The molecule has 0 unspecified atom stereocenters. The molecule has 0 aromatic carbocycles. The van der Waals surface area contributed by atoms with Crippen molar-refractivity contribution >= 4 is 27.8 Å². The molecule has 0 aliphatic rings. The van der Waals surface area contributed by atoms with Crippen LogP contribution in [-0.2, 0) is 0 Å². The topological polar surface area (TPSA) is 64.7 Å². The Morgan fingerprint density at radius 3 is 2.38 bits per heavy atom. The van der Waals surface area contributed by atoms with Crippen molar-refractivity contribution in [1.82, 2.24) is 15.2 Å². The predicted octanol–water partition coefficient (Wildman–Crippen LogP) is 1.86. The van der Waals surface area contributed by atoms with E-state index in [0.29, 0.717) is 5.13 Å². The number of aryl methyl sites for hydroxylation is 2. The summed E-state index contributed by atoms with van der Waals surface area (Å²) in [7, 11) is 0. The minimum absolute atomic E-state index is 0.500. The summed E-state index contributed by atoms with van der Waals surface area (Å²) in [6, 6.07) is 0. The summed E-state index contributed by atoms with van der Waals surface area (Å²) >= 11 is 3.02. The molecule has 0 fully saturated rings. The molecule has 0 saturated heterocycles. The molecule has 2 rings (SSSR count). The lowest BCUT2D eigenvalue weighted by Gasteiger charge is -1.87. The third kappa shape index (κ3) is 1.54. The smallest absolute Gasteiger partial charge is 0.203 e. The van der Waals surface area contributed by atoms with Crippen LogP contribution in [-0.4, -0.2) is 15.2 Å². The Labute approximate surface area is 83.5 Å². The Kier molecular flexibility index (Phi) is 2.01. The molecule has 13 heavy (non-hydrogen) atoms. The van der Waals surface area contributed by atoms with Gasteiger partial charge in [0.15, 0.2) is 5.01 Å². The number of hydrogen-bond acceptors (Lipinski definition) is 6. The van der Waals surface area contributed by atoms with E-state index in [4.69, 9.17) is 5.73 Å². The molecule has 2 aromatic heterocycles. The van der Waals surface area contributed by atoms with Crippen LogP contribution in [0.5, 0.6) is 0 Å². The molecular formula is C7H8N4S2. The summed E-state index contributed by atoms with van der Waals surface area (Å²) in [6.45, 7) is 3.95. The van der Waals surface area contributed by atoms with Crippen LogP contribution in [0.4, 0.5) is 5.13 Å². The minimum atomic E-state index is 0.500. The molecule has 2 N–H and O–H groups in total. The summed E-state index contributed by atoms with van der Waals surface area (Å²) < 4.78 is 0. The molecule has 0 aliphatic carbocycles. The van der Waals surface area contributed by atoms with Gasteiger partial charge in [-0.1, -0.05) is 11.3 Å². The average Bonchev–Trinajstić information content (AvgIpc) is 2.58. The van der Waals surface area contributed by atoms with Gasteiger partial charge < -0.3 is 5.73 Å². The van der Waals surface area contributed by atoms with Crippen molar-refractivity contribution in [2.75, 3.05) is 5.73 Å². The van der Waals surface area contributed by atoms with Gasteiger partial charge in [-0.2, -0.15) is 0 Å². The lowest BCUT2D eigenvalue weighted by atomic mass is 10.4. The molecule has 4 nitrogen and oxygen atoms in total.